The maximum atomic E-state index is 12.2. The van der Waals surface area contributed by atoms with Gasteiger partial charge in [-0.3, -0.25) is 4.79 Å². The second-order valence-electron chi connectivity index (χ2n) is 7.13. The van der Waals surface area contributed by atoms with Crippen LogP contribution in [-0.2, 0) is 20.9 Å². The van der Waals surface area contributed by atoms with Gasteiger partial charge in [-0.05, 0) is 24.1 Å². The Morgan fingerprint density at radius 2 is 2.06 bits per heavy atom. The average molecular weight is 442 g/mol. The first-order chi connectivity index (χ1) is 14.7. The van der Waals surface area contributed by atoms with Crippen LogP contribution in [0.4, 0.5) is 19.0 Å². The topological polar surface area (TPSA) is 118 Å². The number of aliphatic carboxylic acids is 1. The zero-order valence-corrected chi connectivity index (χ0v) is 16.3. The number of nitrogens with one attached hydrogen (secondary N) is 1. The van der Waals surface area contributed by atoms with Crippen LogP contribution < -0.4 is 10.2 Å². The maximum absolute atomic E-state index is 12.2. The summed E-state index contributed by atoms with van der Waals surface area (Å²) in [5.74, 6) is -0.412. The quantitative estimate of drug-likeness (QED) is 0.721. The van der Waals surface area contributed by atoms with Crippen LogP contribution >= 0.6 is 0 Å². The first kappa shape index (κ1) is 22.5. The summed E-state index contributed by atoms with van der Waals surface area (Å²) >= 11 is 0. The number of furan rings is 1. The van der Waals surface area contributed by atoms with Crippen molar-refractivity contribution in [3.63, 3.8) is 0 Å². The number of nitrogens with zero attached hydrogens (tertiary/aromatic N) is 3. The summed E-state index contributed by atoms with van der Waals surface area (Å²) in [6.45, 7) is 2.78. The number of fused-ring (bicyclic) bond motifs is 1. The number of halogens is 3. The van der Waals surface area contributed by atoms with E-state index in [2.05, 4.69) is 20.2 Å². The standard InChI is InChI=1S/C17H20N4O3.C2HF3O2/c22-17(19-7-13-2-1-5-23-13)6-12-10-24-15-9-21(8-14(12)15)16-3-4-18-11-20-16;3-2(4,5)1(6)7/h1-5,11-12,14-15H,6-10H2,(H,19,22);(H,6,7)/t12-,14+,15+;/m0./s1. The normalized spacial score (nSPS) is 22.4. The third-order valence-corrected chi connectivity index (χ3v) is 5.06. The van der Waals surface area contributed by atoms with Crippen molar-refractivity contribution in [2.24, 2.45) is 11.8 Å². The SMILES string of the molecule is O=C(C[C@H]1CO[C@@H]2CN(c3ccncn3)C[C@H]12)NCc1ccco1.O=C(O)C(F)(F)F. The molecule has 0 aromatic carbocycles. The zero-order chi connectivity index (χ0) is 22.4. The van der Waals surface area contributed by atoms with E-state index in [1.807, 2.05) is 18.2 Å². The molecule has 0 bridgehead atoms. The summed E-state index contributed by atoms with van der Waals surface area (Å²) in [5, 5.41) is 10.0. The van der Waals surface area contributed by atoms with Crippen LogP contribution in [0.1, 0.15) is 12.2 Å². The number of aromatic nitrogens is 2. The molecule has 0 saturated carbocycles. The lowest BCUT2D eigenvalue weighted by Gasteiger charge is -2.20. The lowest BCUT2D eigenvalue weighted by Crippen LogP contribution is -2.29. The molecule has 168 valence electrons. The monoisotopic (exact) mass is 442 g/mol. The molecule has 3 atom stereocenters. The van der Waals surface area contributed by atoms with Gasteiger partial charge in [0.15, 0.2) is 0 Å². The first-order valence-corrected chi connectivity index (χ1v) is 9.45. The fourth-order valence-corrected chi connectivity index (χ4v) is 3.58. The highest BCUT2D eigenvalue weighted by molar-refractivity contribution is 5.76. The van der Waals surface area contributed by atoms with Gasteiger partial charge in [0.1, 0.15) is 17.9 Å². The fraction of sp³-hybridized carbons (Fsp3) is 0.474. The Labute approximate surface area is 175 Å². The van der Waals surface area contributed by atoms with Crippen LogP contribution in [0.25, 0.3) is 0 Å². The number of amides is 1. The molecule has 0 aliphatic carbocycles. The van der Waals surface area contributed by atoms with Crippen LogP contribution in [0.3, 0.4) is 0 Å². The van der Waals surface area contributed by atoms with E-state index in [0.717, 1.165) is 24.7 Å². The predicted octanol–water partition coefficient (Wildman–Crippen LogP) is 1.86. The highest BCUT2D eigenvalue weighted by Gasteiger charge is 2.44. The fourth-order valence-electron chi connectivity index (χ4n) is 3.58. The van der Waals surface area contributed by atoms with E-state index in [-0.39, 0.29) is 17.9 Å². The summed E-state index contributed by atoms with van der Waals surface area (Å²) in [6.07, 6.45) is 0.500. The largest absolute Gasteiger partial charge is 0.490 e. The van der Waals surface area contributed by atoms with Gasteiger partial charge in [0.05, 0.1) is 25.5 Å². The number of anilines is 1. The van der Waals surface area contributed by atoms with Gasteiger partial charge in [-0.25, -0.2) is 14.8 Å². The molecule has 4 heterocycles. The van der Waals surface area contributed by atoms with E-state index in [1.165, 1.54) is 0 Å². The molecule has 2 aromatic rings. The van der Waals surface area contributed by atoms with Crippen molar-refractivity contribution in [1.82, 2.24) is 15.3 Å². The number of carboxylic acid groups (broad SMARTS) is 1. The molecule has 31 heavy (non-hydrogen) atoms. The predicted molar refractivity (Wildman–Crippen MR) is 99.8 cm³/mol. The van der Waals surface area contributed by atoms with E-state index < -0.39 is 12.1 Å². The van der Waals surface area contributed by atoms with Crippen molar-refractivity contribution < 1.29 is 37.0 Å². The van der Waals surface area contributed by atoms with E-state index in [9.17, 15) is 18.0 Å². The van der Waals surface area contributed by atoms with Crippen LogP contribution in [0.5, 0.6) is 0 Å². The maximum Gasteiger partial charge on any atom is 0.490 e. The van der Waals surface area contributed by atoms with Crippen molar-refractivity contribution in [2.75, 3.05) is 24.6 Å². The summed E-state index contributed by atoms with van der Waals surface area (Å²) in [4.78, 5) is 31.6. The Bertz CT molecular complexity index is 863. The Balaban J connectivity index is 0.000000339. The molecule has 0 unspecified atom stereocenters. The van der Waals surface area contributed by atoms with Crippen LogP contribution in [0.2, 0.25) is 0 Å². The third-order valence-electron chi connectivity index (χ3n) is 5.06. The molecule has 1 amide bonds. The molecule has 12 heteroatoms. The molecule has 2 fully saturated rings. The average Bonchev–Trinajstić information content (AvgIpc) is 3.46. The van der Waals surface area contributed by atoms with Crippen LogP contribution in [0.15, 0.2) is 41.4 Å². The Kier molecular flexibility index (Phi) is 7.10. The lowest BCUT2D eigenvalue weighted by atomic mass is 9.90. The minimum Gasteiger partial charge on any atom is -0.475 e. The minimum absolute atomic E-state index is 0.0427. The molecule has 9 nitrogen and oxygen atoms in total. The Morgan fingerprint density at radius 1 is 1.29 bits per heavy atom. The van der Waals surface area contributed by atoms with Gasteiger partial charge in [-0.15, -0.1) is 0 Å². The molecule has 2 N–H and O–H groups in total. The smallest absolute Gasteiger partial charge is 0.475 e. The van der Waals surface area contributed by atoms with Crippen molar-refractivity contribution in [3.8, 4) is 0 Å². The van der Waals surface area contributed by atoms with Gasteiger partial charge >= 0.3 is 12.1 Å². The third kappa shape index (κ3) is 6.17. The highest BCUT2D eigenvalue weighted by Crippen LogP contribution is 2.36. The van der Waals surface area contributed by atoms with Crippen LogP contribution in [-0.4, -0.2) is 58.9 Å². The second kappa shape index (κ2) is 9.77. The summed E-state index contributed by atoms with van der Waals surface area (Å²) < 4.78 is 42.9. The van der Waals surface area contributed by atoms with E-state index in [4.69, 9.17) is 19.1 Å². The van der Waals surface area contributed by atoms with Crippen molar-refractivity contribution in [1.29, 1.82) is 0 Å². The van der Waals surface area contributed by atoms with Gasteiger partial charge in [-0.1, -0.05) is 0 Å². The van der Waals surface area contributed by atoms with Gasteiger partial charge in [-0.2, -0.15) is 13.2 Å². The van der Waals surface area contributed by atoms with Crippen molar-refractivity contribution in [2.45, 2.75) is 25.2 Å². The van der Waals surface area contributed by atoms with E-state index >= 15 is 0 Å². The van der Waals surface area contributed by atoms with Gasteiger partial charge < -0.3 is 24.5 Å². The van der Waals surface area contributed by atoms with Crippen LogP contribution in [0, 0.1) is 11.8 Å². The number of carboxylic acids is 1. The molecule has 4 rings (SSSR count). The molecule has 2 aromatic heterocycles. The highest BCUT2D eigenvalue weighted by atomic mass is 19.4. The molecule has 2 saturated heterocycles. The lowest BCUT2D eigenvalue weighted by molar-refractivity contribution is -0.192. The second-order valence-corrected chi connectivity index (χ2v) is 7.13. The number of rotatable bonds is 5. The number of hydrogen-bond donors (Lipinski definition) is 2. The summed E-state index contributed by atoms with van der Waals surface area (Å²) in [5.41, 5.74) is 0. The van der Waals surface area contributed by atoms with E-state index in [1.54, 1.807) is 18.8 Å². The number of ether oxygens (including phenoxy) is 1. The van der Waals surface area contributed by atoms with Gasteiger partial charge in [0.2, 0.25) is 5.91 Å². The summed E-state index contributed by atoms with van der Waals surface area (Å²) in [7, 11) is 0. The molecular weight excluding hydrogens is 421 g/mol. The number of alkyl halides is 3. The van der Waals surface area contributed by atoms with Crippen molar-refractivity contribution in [3.05, 3.63) is 42.7 Å². The number of carbonyl (C=O) groups is 2. The van der Waals surface area contributed by atoms with E-state index in [0.29, 0.717) is 25.5 Å². The summed E-state index contributed by atoms with van der Waals surface area (Å²) in [6, 6.07) is 5.58. The Hall–Kier alpha value is -3.15. The van der Waals surface area contributed by atoms with Gasteiger partial charge in [0, 0.05) is 31.6 Å². The molecule has 0 radical (unpaired) electrons. The zero-order valence-electron chi connectivity index (χ0n) is 16.3. The molecular formula is C19H21F3N4O5. The Morgan fingerprint density at radius 3 is 2.68 bits per heavy atom. The van der Waals surface area contributed by atoms with Crippen molar-refractivity contribution >= 4 is 17.7 Å². The molecule has 0 spiro atoms. The molecule has 2 aliphatic rings. The first-order valence-electron chi connectivity index (χ1n) is 9.45. The minimum atomic E-state index is -5.08. The number of carbonyl (C=O) groups excluding carboxylic acids is 1. The molecule has 2 aliphatic heterocycles. The van der Waals surface area contributed by atoms with Gasteiger partial charge in [0.25, 0.3) is 0 Å². The number of hydrogen-bond acceptors (Lipinski definition) is 7.